The van der Waals surface area contributed by atoms with Gasteiger partial charge in [0.15, 0.2) is 0 Å². The molecule has 0 aliphatic heterocycles. The summed E-state index contributed by atoms with van der Waals surface area (Å²) in [6, 6.07) is 8.05. The number of unbranched alkanes of at least 4 members (excludes halogenated alkanes) is 2. The lowest BCUT2D eigenvalue weighted by Gasteiger charge is -2.09. The molecule has 1 N–H and O–H groups in total. The molecule has 0 bridgehead atoms. The predicted molar refractivity (Wildman–Crippen MR) is 71.5 cm³/mol. The van der Waals surface area contributed by atoms with E-state index in [9.17, 15) is 5.11 Å². The van der Waals surface area contributed by atoms with Crippen LogP contribution in [-0.2, 0) is 6.42 Å². The summed E-state index contributed by atoms with van der Waals surface area (Å²) in [6.07, 6.45) is 4.86. The van der Waals surface area contributed by atoms with Gasteiger partial charge < -0.3 is 9.84 Å². The van der Waals surface area contributed by atoms with Gasteiger partial charge in [0.2, 0.25) is 0 Å². The molecule has 0 aliphatic carbocycles. The Kier molecular flexibility index (Phi) is 6.71. The number of hydrogen-bond acceptors (Lipinski definition) is 2. The lowest BCUT2D eigenvalue weighted by atomic mass is 10.1. The van der Waals surface area contributed by atoms with Gasteiger partial charge in [0.1, 0.15) is 5.75 Å². The minimum Gasteiger partial charge on any atom is -0.494 e. The predicted octanol–water partition coefficient (Wildman–Crippen LogP) is 3.57. The normalized spacial score (nSPS) is 12.4. The Bertz CT molecular complexity index is 292. The zero-order chi connectivity index (χ0) is 12.5. The third kappa shape index (κ3) is 5.73. The zero-order valence-corrected chi connectivity index (χ0v) is 11.0. The Balaban J connectivity index is 2.34. The molecule has 0 aromatic heterocycles. The molecular formula is C15H24O2. The molecule has 0 spiro atoms. The van der Waals surface area contributed by atoms with Crippen LogP contribution in [0.4, 0.5) is 0 Å². The van der Waals surface area contributed by atoms with Crippen LogP contribution in [0.15, 0.2) is 24.3 Å². The van der Waals surface area contributed by atoms with Crippen LogP contribution < -0.4 is 4.74 Å². The molecule has 1 aromatic carbocycles. The third-order valence-corrected chi connectivity index (χ3v) is 2.88. The highest BCUT2D eigenvalue weighted by atomic mass is 16.5. The Hall–Kier alpha value is -1.02. The molecule has 1 rings (SSSR count). The van der Waals surface area contributed by atoms with E-state index in [4.69, 9.17) is 4.74 Å². The molecule has 0 fully saturated rings. The van der Waals surface area contributed by atoms with Gasteiger partial charge in [-0.25, -0.2) is 0 Å². The van der Waals surface area contributed by atoms with E-state index in [2.05, 4.69) is 6.92 Å². The summed E-state index contributed by atoms with van der Waals surface area (Å²) in [4.78, 5) is 0. The van der Waals surface area contributed by atoms with Crippen molar-refractivity contribution in [2.75, 3.05) is 6.61 Å². The summed E-state index contributed by atoms with van der Waals surface area (Å²) in [6.45, 7) is 4.98. The highest BCUT2D eigenvalue weighted by Gasteiger charge is 2.02. The molecule has 2 heteroatoms. The van der Waals surface area contributed by atoms with E-state index in [1.807, 2.05) is 31.2 Å². The second kappa shape index (κ2) is 8.13. The smallest absolute Gasteiger partial charge is 0.119 e. The first-order valence-electron chi connectivity index (χ1n) is 6.66. The first kappa shape index (κ1) is 14.0. The number of hydrogen-bond donors (Lipinski definition) is 1. The Morgan fingerprint density at radius 3 is 2.41 bits per heavy atom. The molecule has 1 atom stereocenters. The van der Waals surface area contributed by atoms with Gasteiger partial charge in [0.25, 0.3) is 0 Å². The summed E-state index contributed by atoms with van der Waals surface area (Å²) < 4.78 is 5.63. The summed E-state index contributed by atoms with van der Waals surface area (Å²) in [5.41, 5.74) is 1.17. The van der Waals surface area contributed by atoms with E-state index in [1.165, 1.54) is 18.4 Å². The van der Waals surface area contributed by atoms with Crippen LogP contribution in [0, 0.1) is 0 Å². The minimum absolute atomic E-state index is 0.230. The third-order valence-electron chi connectivity index (χ3n) is 2.88. The van der Waals surface area contributed by atoms with E-state index in [0.717, 1.165) is 31.6 Å². The zero-order valence-electron chi connectivity index (χ0n) is 11.0. The van der Waals surface area contributed by atoms with Gasteiger partial charge in [-0.2, -0.15) is 0 Å². The van der Waals surface area contributed by atoms with Crippen molar-refractivity contribution in [1.29, 1.82) is 0 Å². The van der Waals surface area contributed by atoms with Crippen LogP contribution in [0.5, 0.6) is 5.75 Å². The average Bonchev–Trinajstić information content (AvgIpc) is 2.36. The molecular weight excluding hydrogens is 212 g/mol. The maximum atomic E-state index is 9.55. The average molecular weight is 236 g/mol. The van der Waals surface area contributed by atoms with Crippen molar-refractivity contribution in [2.24, 2.45) is 0 Å². The second-order valence-electron chi connectivity index (χ2n) is 4.47. The summed E-state index contributed by atoms with van der Waals surface area (Å²) in [5, 5.41) is 9.55. The number of ether oxygens (including phenoxy) is 1. The molecule has 2 nitrogen and oxygen atoms in total. The largest absolute Gasteiger partial charge is 0.494 e. The number of rotatable bonds is 8. The molecule has 17 heavy (non-hydrogen) atoms. The quantitative estimate of drug-likeness (QED) is 0.699. The molecule has 0 aliphatic rings. The fourth-order valence-electron chi connectivity index (χ4n) is 1.68. The van der Waals surface area contributed by atoms with Gasteiger partial charge in [0.05, 0.1) is 12.7 Å². The van der Waals surface area contributed by atoms with Crippen LogP contribution in [0.25, 0.3) is 0 Å². The van der Waals surface area contributed by atoms with Crippen LogP contribution in [0.3, 0.4) is 0 Å². The van der Waals surface area contributed by atoms with Crippen LogP contribution in [0.1, 0.15) is 45.1 Å². The van der Waals surface area contributed by atoms with Gasteiger partial charge in [-0.3, -0.25) is 0 Å². The Morgan fingerprint density at radius 1 is 1.12 bits per heavy atom. The summed E-state index contributed by atoms with van der Waals surface area (Å²) >= 11 is 0. The Labute approximate surface area is 105 Å². The molecule has 0 amide bonds. The number of aliphatic hydroxyl groups is 1. The van der Waals surface area contributed by atoms with E-state index < -0.39 is 0 Å². The van der Waals surface area contributed by atoms with Crippen molar-refractivity contribution in [3.05, 3.63) is 29.8 Å². The molecule has 96 valence electrons. The van der Waals surface area contributed by atoms with Crippen LogP contribution in [-0.4, -0.2) is 17.8 Å². The van der Waals surface area contributed by atoms with E-state index in [-0.39, 0.29) is 6.10 Å². The molecule has 1 aromatic rings. The fourth-order valence-corrected chi connectivity index (χ4v) is 1.68. The minimum atomic E-state index is -0.230. The first-order valence-corrected chi connectivity index (χ1v) is 6.66. The van der Waals surface area contributed by atoms with Crippen molar-refractivity contribution in [1.82, 2.24) is 0 Å². The number of benzene rings is 1. The van der Waals surface area contributed by atoms with Crippen molar-refractivity contribution in [2.45, 2.75) is 52.1 Å². The molecule has 0 heterocycles. The first-order chi connectivity index (χ1) is 8.26. The fraction of sp³-hybridized carbons (Fsp3) is 0.600. The summed E-state index contributed by atoms with van der Waals surface area (Å²) in [5.74, 6) is 0.927. The van der Waals surface area contributed by atoms with Gasteiger partial charge in [-0.1, -0.05) is 38.8 Å². The summed E-state index contributed by atoms with van der Waals surface area (Å²) in [7, 11) is 0. The Morgan fingerprint density at radius 2 is 1.82 bits per heavy atom. The molecule has 0 radical (unpaired) electrons. The maximum absolute atomic E-state index is 9.55. The standard InChI is InChI=1S/C15H24O2/c1-3-5-6-11-17-15-9-7-13(8-10-15)12-14(16)4-2/h7-10,14,16H,3-6,11-12H2,1-2H3. The lowest BCUT2D eigenvalue weighted by Crippen LogP contribution is -2.08. The molecule has 1 unspecified atom stereocenters. The van der Waals surface area contributed by atoms with E-state index >= 15 is 0 Å². The van der Waals surface area contributed by atoms with Crippen molar-refractivity contribution in [3.8, 4) is 5.75 Å². The van der Waals surface area contributed by atoms with Crippen molar-refractivity contribution >= 4 is 0 Å². The van der Waals surface area contributed by atoms with E-state index in [0.29, 0.717) is 0 Å². The van der Waals surface area contributed by atoms with Gasteiger partial charge in [-0.15, -0.1) is 0 Å². The van der Waals surface area contributed by atoms with Gasteiger partial charge in [0, 0.05) is 0 Å². The molecule has 0 saturated heterocycles. The van der Waals surface area contributed by atoms with Crippen LogP contribution >= 0.6 is 0 Å². The van der Waals surface area contributed by atoms with Crippen molar-refractivity contribution < 1.29 is 9.84 Å². The van der Waals surface area contributed by atoms with E-state index in [1.54, 1.807) is 0 Å². The maximum Gasteiger partial charge on any atom is 0.119 e. The molecule has 0 saturated carbocycles. The SMILES string of the molecule is CCCCCOc1ccc(CC(O)CC)cc1. The second-order valence-corrected chi connectivity index (χ2v) is 4.47. The highest BCUT2D eigenvalue weighted by molar-refractivity contribution is 5.27. The number of aliphatic hydroxyl groups excluding tert-OH is 1. The topological polar surface area (TPSA) is 29.5 Å². The van der Waals surface area contributed by atoms with Gasteiger partial charge in [-0.05, 0) is 37.0 Å². The highest BCUT2D eigenvalue weighted by Crippen LogP contribution is 2.14. The monoisotopic (exact) mass is 236 g/mol. The van der Waals surface area contributed by atoms with Crippen LogP contribution in [0.2, 0.25) is 0 Å². The lowest BCUT2D eigenvalue weighted by molar-refractivity contribution is 0.171. The van der Waals surface area contributed by atoms with Gasteiger partial charge >= 0.3 is 0 Å². The van der Waals surface area contributed by atoms with Crippen molar-refractivity contribution in [3.63, 3.8) is 0 Å².